The number of nitrogens with one attached hydrogen (secondary N) is 1. The Morgan fingerprint density at radius 3 is 2.33 bits per heavy atom. The van der Waals surface area contributed by atoms with E-state index in [4.69, 9.17) is 4.74 Å². The van der Waals surface area contributed by atoms with Crippen molar-refractivity contribution in [3.63, 3.8) is 0 Å². The Kier molecular flexibility index (Phi) is 7.57. The summed E-state index contributed by atoms with van der Waals surface area (Å²) in [5, 5.41) is 3.87. The Morgan fingerprint density at radius 2 is 1.70 bits per heavy atom. The summed E-state index contributed by atoms with van der Waals surface area (Å²) >= 11 is 0. The van der Waals surface area contributed by atoms with Gasteiger partial charge in [0, 0.05) is 0 Å². The third kappa shape index (κ3) is 7.01. The van der Waals surface area contributed by atoms with Crippen molar-refractivity contribution in [2.75, 3.05) is 17.1 Å². The molecule has 3 rings (SSSR count). The van der Waals surface area contributed by atoms with Crippen LogP contribution in [0.5, 0.6) is 5.75 Å². The van der Waals surface area contributed by atoms with Crippen molar-refractivity contribution in [3.05, 3.63) is 95.6 Å². The molecule has 0 aliphatic heterocycles. The maximum Gasteiger partial charge on any atom is 0.343 e. The number of hydrazone groups is 1. The molecule has 0 saturated carbocycles. The van der Waals surface area contributed by atoms with Crippen LogP contribution < -0.4 is 14.5 Å². The summed E-state index contributed by atoms with van der Waals surface area (Å²) in [5.74, 6) is -0.688. The quantitative estimate of drug-likeness (QED) is 0.238. The van der Waals surface area contributed by atoms with E-state index in [-0.39, 0.29) is 0 Å². The summed E-state index contributed by atoms with van der Waals surface area (Å²) in [6.45, 7) is 1.43. The average Bonchev–Trinajstić information content (AvgIpc) is 2.78. The zero-order valence-corrected chi connectivity index (χ0v) is 19.0. The number of carbonyl (C=O) groups excluding carboxylic acids is 2. The minimum absolute atomic E-state index is 0.368. The largest absolute Gasteiger partial charge is 0.423 e. The van der Waals surface area contributed by atoms with Gasteiger partial charge in [0.1, 0.15) is 12.3 Å². The maximum atomic E-state index is 12.3. The lowest BCUT2D eigenvalue weighted by atomic mass is 10.2. The number of aryl methyl sites for hydroxylation is 1. The Hall–Kier alpha value is -3.98. The molecular weight excluding hydrogens is 442 g/mol. The van der Waals surface area contributed by atoms with Crippen molar-refractivity contribution in [3.8, 4) is 5.75 Å². The molecule has 0 spiro atoms. The number of amides is 1. The number of carbonyl (C=O) groups is 2. The number of sulfonamides is 1. The van der Waals surface area contributed by atoms with Crippen molar-refractivity contribution >= 4 is 33.8 Å². The summed E-state index contributed by atoms with van der Waals surface area (Å²) < 4.78 is 30.6. The van der Waals surface area contributed by atoms with Crippen LogP contribution in [0.4, 0.5) is 5.69 Å². The summed E-state index contributed by atoms with van der Waals surface area (Å²) in [7, 11) is -3.66. The van der Waals surface area contributed by atoms with Crippen molar-refractivity contribution in [1.82, 2.24) is 5.43 Å². The van der Waals surface area contributed by atoms with Gasteiger partial charge in [0.25, 0.3) is 5.91 Å². The highest BCUT2D eigenvalue weighted by Crippen LogP contribution is 2.18. The van der Waals surface area contributed by atoms with E-state index in [9.17, 15) is 18.0 Å². The second-order valence-corrected chi connectivity index (χ2v) is 9.13. The number of hydrogen-bond donors (Lipinski definition) is 1. The van der Waals surface area contributed by atoms with E-state index in [2.05, 4.69) is 10.5 Å². The van der Waals surface area contributed by atoms with Crippen LogP contribution in [0, 0.1) is 6.92 Å². The lowest BCUT2D eigenvalue weighted by Crippen LogP contribution is -2.39. The number of nitrogens with zero attached hydrogens (tertiary/aromatic N) is 2. The molecule has 9 heteroatoms. The molecule has 0 aliphatic rings. The summed E-state index contributed by atoms with van der Waals surface area (Å²) in [4.78, 5) is 24.4. The van der Waals surface area contributed by atoms with Crippen LogP contribution in [0.15, 0.2) is 84.0 Å². The van der Waals surface area contributed by atoms with E-state index in [1.807, 2.05) is 19.1 Å². The van der Waals surface area contributed by atoms with Crippen LogP contribution in [0.3, 0.4) is 0 Å². The Bertz CT molecular complexity index is 1260. The first kappa shape index (κ1) is 23.7. The summed E-state index contributed by atoms with van der Waals surface area (Å²) in [5.41, 5.74) is 4.69. The predicted octanol–water partition coefficient (Wildman–Crippen LogP) is 3.13. The lowest BCUT2D eigenvalue weighted by molar-refractivity contribution is -0.119. The summed E-state index contributed by atoms with van der Waals surface area (Å²) in [6.07, 6.45) is 2.44. The van der Waals surface area contributed by atoms with E-state index in [0.29, 0.717) is 22.6 Å². The fourth-order valence-corrected chi connectivity index (χ4v) is 3.74. The number of esters is 1. The maximum absolute atomic E-state index is 12.3. The second-order valence-electron chi connectivity index (χ2n) is 7.23. The van der Waals surface area contributed by atoms with Gasteiger partial charge < -0.3 is 4.74 Å². The van der Waals surface area contributed by atoms with Gasteiger partial charge >= 0.3 is 5.97 Å². The van der Waals surface area contributed by atoms with Gasteiger partial charge in [-0.05, 0) is 66.6 Å². The van der Waals surface area contributed by atoms with Gasteiger partial charge in [-0.2, -0.15) is 5.10 Å². The molecule has 0 bridgehead atoms. The molecule has 1 amide bonds. The molecule has 0 saturated heterocycles. The van der Waals surface area contributed by atoms with E-state index in [1.54, 1.807) is 66.7 Å². The zero-order valence-electron chi connectivity index (χ0n) is 18.1. The van der Waals surface area contributed by atoms with Gasteiger partial charge in [-0.15, -0.1) is 0 Å². The molecule has 170 valence electrons. The third-order valence-corrected chi connectivity index (χ3v) is 5.62. The molecule has 0 aromatic heterocycles. The fraction of sp³-hybridized carbons (Fsp3) is 0.125. The number of anilines is 1. The minimum atomic E-state index is -3.66. The van der Waals surface area contributed by atoms with Crippen LogP contribution >= 0.6 is 0 Å². The monoisotopic (exact) mass is 465 g/mol. The Balaban J connectivity index is 1.57. The van der Waals surface area contributed by atoms with Gasteiger partial charge in [-0.3, -0.25) is 9.10 Å². The highest BCUT2D eigenvalue weighted by molar-refractivity contribution is 7.92. The van der Waals surface area contributed by atoms with Crippen molar-refractivity contribution in [1.29, 1.82) is 0 Å². The normalized spacial score (nSPS) is 11.2. The number of rotatable bonds is 8. The lowest BCUT2D eigenvalue weighted by Gasteiger charge is -2.21. The molecule has 8 nitrogen and oxygen atoms in total. The zero-order chi connectivity index (χ0) is 23.8. The molecule has 3 aromatic rings. The number of benzene rings is 3. The summed E-state index contributed by atoms with van der Waals surface area (Å²) in [6, 6.07) is 22.0. The topological polar surface area (TPSA) is 105 Å². The van der Waals surface area contributed by atoms with E-state index < -0.39 is 28.4 Å². The molecule has 0 aliphatic carbocycles. The molecule has 0 radical (unpaired) electrons. The smallest absolute Gasteiger partial charge is 0.343 e. The van der Waals surface area contributed by atoms with Crippen LogP contribution in [0.1, 0.15) is 21.5 Å². The predicted molar refractivity (Wildman–Crippen MR) is 127 cm³/mol. The van der Waals surface area contributed by atoms with Gasteiger partial charge in [0.2, 0.25) is 10.0 Å². The van der Waals surface area contributed by atoms with Crippen LogP contribution in [-0.4, -0.2) is 39.3 Å². The standard InChI is InChI=1S/C24H23N3O5S/c1-18-7-6-10-21(15-18)27(33(2,30)31)17-23(28)26-25-16-19-11-13-22(14-12-19)32-24(29)20-8-4-3-5-9-20/h3-16H,17H2,1-2H3,(H,26,28)/b25-16-. The number of hydrogen-bond acceptors (Lipinski definition) is 6. The van der Waals surface area contributed by atoms with Gasteiger partial charge in [0.15, 0.2) is 0 Å². The molecule has 33 heavy (non-hydrogen) atoms. The third-order valence-electron chi connectivity index (χ3n) is 4.48. The van der Waals surface area contributed by atoms with Crippen molar-refractivity contribution < 1.29 is 22.7 Å². The van der Waals surface area contributed by atoms with E-state index >= 15 is 0 Å². The first-order valence-corrected chi connectivity index (χ1v) is 11.8. The fourth-order valence-electron chi connectivity index (χ4n) is 2.89. The highest BCUT2D eigenvalue weighted by Gasteiger charge is 2.20. The minimum Gasteiger partial charge on any atom is -0.423 e. The Morgan fingerprint density at radius 1 is 1.00 bits per heavy atom. The van der Waals surface area contributed by atoms with E-state index in [0.717, 1.165) is 16.1 Å². The van der Waals surface area contributed by atoms with Gasteiger partial charge in [-0.25, -0.2) is 18.6 Å². The van der Waals surface area contributed by atoms with Crippen molar-refractivity contribution in [2.45, 2.75) is 6.92 Å². The molecule has 1 N–H and O–H groups in total. The molecular formula is C24H23N3O5S. The average molecular weight is 466 g/mol. The second kappa shape index (κ2) is 10.6. The van der Waals surface area contributed by atoms with Crippen LogP contribution in [0.25, 0.3) is 0 Å². The van der Waals surface area contributed by atoms with Gasteiger partial charge in [-0.1, -0.05) is 30.3 Å². The highest BCUT2D eigenvalue weighted by atomic mass is 32.2. The van der Waals surface area contributed by atoms with Gasteiger partial charge in [0.05, 0.1) is 23.7 Å². The number of ether oxygens (including phenoxy) is 1. The molecule has 0 unspecified atom stereocenters. The van der Waals surface area contributed by atoms with E-state index in [1.165, 1.54) is 6.21 Å². The first-order chi connectivity index (χ1) is 15.7. The van der Waals surface area contributed by atoms with Crippen LogP contribution in [0.2, 0.25) is 0 Å². The SMILES string of the molecule is Cc1cccc(N(CC(=O)N/N=C\c2ccc(OC(=O)c3ccccc3)cc2)S(C)(=O)=O)c1. The molecule has 0 fully saturated rings. The van der Waals surface area contributed by atoms with Crippen molar-refractivity contribution in [2.24, 2.45) is 5.10 Å². The molecule has 3 aromatic carbocycles. The van der Waals surface area contributed by atoms with Crippen LogP contribution in [-0.2, 0) is 14.8 Å². The molecule has 0 heterocycles. The molecule has 0 atom stereocenters. The Labute approximate surface area is 192 Å². The first-order valence-electron chi connectivity index (χ1n) is 9.96.